The van der Waals surface area contributed by atoms with Gasteiger partial charge in [0.2, 0.25) is 0 Å². The monoisotopic (exact) mass is 392 g/mol. The molecule has 0 saturated carbocycles. The van der Waals surface area contributed by atoms with E-state index in [0.717, 1.165) is 24.8 Å². The first kappa shape index (κ1) is 19.3. The molecule has 0 spiro atoms. The van der Waals surface area contributed by atoms with Crippen molar-refractivity contribution in [3.63, 3.8) is 0 Å². The van der Waals surface area contributed by atoms with Crippen LogP contribution >= 0.6 is 11.8 Å². The van der Waals surface area contributed by atoms with Gasteiger partial charge in [-0.2, -0.15) is 8.78 Å². The molecule has 0 saturated heterocycles. The van der Waals surface area contributed by atoms with Crippen LogP contribution in [0.1, 0.15) is 40.4 Å². The third kappa shape index (κ3) is 5.03. The van der Waals surface area contributed by atoms with Crippen LogP contribution in [0.3, 0.4) is 0 Å². The molecule has 1 aromatic heterocycles. The van der Waals surface area contributed by atoms with Gasteiger partial charge in [0.25, 0.3) is 11.7 Å². The topological polar surface area (TPSA) is 68.3 Å². The van der Waals surface area contributed by atoms with Gasteiger partial charge in [-0.3, -0.25) is 4.79 Å². The average molecular weight is 392 g/mol. The third-order valence-electron chi connectivity index (χ3n) is 4.23. The standard InChI is InChI=1S/C19H18F2N2O3S/c20-19(21)27-17-14(8-4-10-22-17)18(25)26-11-16(24)23-15-9-3-6-12-5-1-2-7-13(12)15/h1-2,4-5,7-8,10,15,19H,3,6,9,11H2,(H,23,24)/t15-/m1/s1. The number of fused-ring (bicyclic) bond motifs is 1. The number of ether oxygens (including phenoxy) is 1. The maximum atomic E-state index is 12.6. The molecule has 1 heterocycles. The van der Waals surface area contributed by atoms with Crippen LogP contribution in [0, 0.1) is 0 Å². The molecule has 27 heavy (non-hydrogen) atoms. The van der Waals surface area contributed by atoms with E-state index < -0.39 is 24.2 Å². The summed E-state index contributed by atoms with van der Waals surface area (Å²) in [6.07, 6.45) is 4.07. The smallest absolute Gasteiger partial charge is 0.341 e. The van der Waals surface area contributed by atoms with Crippen LogP contribution in [0.15, 0.2) is 47.6 Å². The van der Waals surface area contributed by atoms with Crippen LogP contribution in [0.2, 0.25) is 0 Å². The van der Waals surface area contributed by atoms with E-state index >= 15 is 0 Å². The summed E-state index contributed by atoms with van der Waals surface area (Å²) < 4.78 is 30.1. The highest BCUT2D eigenvalue weighted by Crippen LogP contribution is 2.29. The van der Waals surface area contributed by atoms with Gasteiger partial charge in [0.1, 0.15) is 5.03 Å². The normalized spacial score (nSPS) is 15.9. The molecule has 1 aliphatic rings. The number of carbonyl (C=O) groups is 2. The van der Waals surface area contributed by atoms with Crippen molar-refractivity contribution >= 4 is 23.6 Å². The average Bonchev–Trinajstić information content (AvgIpc) is 2.66. The lowest BCUT2D eigenvalue weighted by Crippen LogP contribution is -2.34. The van der Waals surface area contributed by atoms with Crippen LogP contribution in [-0.4, -0.2) is 29.2 Å². The Hall–Kier alpha value is -2.48. The molecule has 8 heteroatoms. The predicted molar refractivity (Wildman–Crippen MR) is 96.6 cm³/mol. The Morgan fingerprint density at radius 1 is 1.26 bits per heavy atom. The zero-order valence-electron chi connectivity index (χ0n) is 14.4. The molecule has 0 bridgehead atoms. The van der Waals surface area contributed by atoms with E-state index in [1.54, 1.807) is 0 Å². The summed E-state index contributed by atoms with van der Waals surface area (Å²) in [6, 6.07) is 10.6. The van der Waals surface area contributed by atoms with Crippen molar-refractivity contribution in [1.82, 2.24) is 10.3 Å². The lowest BCUT2D eigenvalue weighted by atomic mass is 9.88. The number of thioether (sulfide) groups is 1. The number of nitrogens with one attached hydrogen (secondary N) is 1. The molecule has 1 amide bonds. The summed E-state index contributed by atoms with van der Waals surface area (Å²) >= 11 is 0.163. The molecule has 3 rings (SSSR count). The Balaban J connectivity index is 1.58. The van der Waals surface area contributed by atoms with E-state index in [4.69, 9.17) is 4.74 Å². The van der Waals surface area contributed by atoms with E-state index in [9.17, 15) is 18.4 Å². The Kier molecular flexibility index (Phi) is 6.39. The van der Waals surface area contributed by atoms with E-state index in [0.29, 0.717) is 0 Å². The van der Waals surface area contributed by atoms with Crippen LogP contribution in [-0.2, 0) is 16.0 Å². The third-order valence-corrected chi connectivity index (χ3v) is 4.96. The maximum absolute atomic E-state index is 12.6. The summed E-state index contributed by atoms with van der Waals surface area (Å²) in [5.74, 6) is -4.00. The highest BCUT2D eigenvalue weighted by atomic mass is 32.2. The number of rotatable bonds is 6. The molecular weight excluding hydrogens is 374 g/mol. The lowest BCUT2D eigenvalue weighted by molar-refractivity contribution is -0.125. The number of hydrogen-bond acceptors (Lipinski definition) is 5. The van der Waals surface area contributed by atoms with Crippen molar-refractivity contribution in [3.05, 3.63) is 59.3 Å². The second-order valence-corrected chi connectivity index (χ2v) is 7.00. The summed E-state index contributed by atoms with van der Waals surface area (Å²) in [7, 11) is 0. The molecule has 0 radical (unpaired) electrons. The Bertz CT molecular complexity index is 832. The highest BCUT2D eigenvalue weighted by molar-refractivity contribution is 7.99. The van der Waals surface area contributed by atoms with Crippen molar-refractivity contribution in [2.75, 3.05) is 6.61 Å². The molecule has 142 valence electrons. The van der Waals surface area contributed by atoms with Gasteiger partial charge in [-0.05, 0) is 54.3 Å². The minimum Gasteiger partial charge on any atom is -0.452 e. The number of nitrogens with zero attached hydrogens (tertiary/aromatic N) is 1. The van der Waals surface area contributed by atoms with Gasteiger partial charge in [0.15, 0.2) is 6.61 Å². The van der Waals surface area contributed by atoms with Gasteiger partial charge < -0.3 is 10.1 Å². The second-order valence-electron chi connectivity index (χ2n) is 6.02. The number of aryl methyl sites for hydroxylation is 1. The number of aromatic nitrogens is 1. The van der Waals surface area contributed by atoms with Crippen molar-refractivity contribution < 1.29 is 23.1 Å². The number of carbonyl (C=O) groups excluding carboxylic acids is 2. The largest absolute Gasteiger partial charge is 0.452 e. The summed E-state index contributed by atoms with van der Waals surface area (Å²) in [6.45, 7) is -0.481. The van der Waals surface area contributed by atoms with Gasteiger partial charge in [0.05, 0.1) is 11.6 Å². The molecule has 1 aliphatic carbocycles. The molecule has 0 aliphatic heterocycles. The first-order valence-electron chi connectivity index (χ1n) is 8.48. The summed E-state index contributed by atoms with van der Waals surface area (Å²) in [4.78, 5) is 28.1. The predicted octanol–water partition coefficient (Wildman–Crippen LogP) is 3.75. The Labute approximate surface area is 159 Å². The number of pyridine rings is 1. The molecule has 5 nitrogen and oxygen atoms in total. The van der Waals surface area contributed by atoms with Gasteiger partial charge in [-0.25, -0.2) is 9.78 Å². The van der Waals surface area contributed by atoms with Crippen LogP contribution < -0.4 is 5.32 Å². The zero-order chi connectivity index (χ0) is 19.2. The summed E-state index contributed by atoms with van der Waals surface area (Å²) in [5, 5.41) is 2.75. The van der Waals surface area contributed by atoms with Crippen molar-refractivity contribution in [2.24, 2.45) is 0 Å². The SMILES string of the molecule is O=C(COC(=O)c1cccnc1SC(F)F)N[C@@H]1CCCc2ccccc21. The van der Waals surface area contributed by atoms with Crippen LogP contribution in [0.5, 0.6) is 0 Å². The van der Waals surface area contributed by atoms with Gasteiger partial charge in [-0.15, -0.1) is 0 Å². The number of amides is 1. The first-order chi connectivity index (χ1) is 13.0. The number of alkyl halides is 2. The van der Waals surface area contributed by atoms with E-state index in [2.05, 4.69) is 10.3 Å². The van der Waals surface area contributed by atoms with E-state index in [1.807, 2.05) is 24.3 Å². The molecule has 0 unspecified atom stereocenters. The quantitative estimate of drug-likeness (QED) is 0.599. The molecule has 1 atom stereocenters. The molecule has 1 aromatic carbocycles. The molecular formula is C19H18F2N2O3S. The minimum atomic E-state index is -2.71. The van der Waals surface area contributed by atoms with Gasteiger partial charge >= 0.3 is 5.97 Å². The minimum absolute atomic E-state index is 0.0846. The van der Waals surface area contributed by atoms with Gasteiger partial charge in [-0.1, -0.05) is 24.3 Å². The number of esters is 1. The Morgan fingerprint density at radius 3 is 2.89 bits per heavy atom. The molecule has 1 N–H and O–H groups in total. The second kappa shape index (κ2) is 8.94. The molecule has 2 aromatic rings. The van der Waals surface area contributed by atoms with Crippen molar-refractivity contribution in [3.8, 4) is 0 Å². The first-order valence-corrected chi connectivity index (χ1v) is 9.36. The number of hydrogen-bond donors (Lipinski definition) is 1. The Morgan fingerprint density at radius 2 is 2.07 bits per heavy atom. The fourth-order valence-corrected chi connectivity index (χ4v) is 3.64. The van der Waals surface area contributed by atoms with Crippen LogP contribution in [0.25, 0.3) is 0 Å². The highest BCUT2D eigenvalue weighted by Gasteiger charge is 2.23. The van der Waals surface area contributed by atoms with E-state index in [-0.39, 0.29) is 28.4 Å². The molecule has 0 fully saturated rings. The van der Waals surface area contributed by atoms with Crippen molar-refractivity contribution in [2.45, 2.75) is 36.1 Å². The van der Waals surface area contributed by atoms with Crippen molar-refractivity contribution in [1.29, 1.82) is 0 Å². The van der Waals surface area contributed by atoms with Crippen LogP contribution in [0.4, 0.5) is 8.78 Å². The fraction of sp³-hybridized carbons (Fsp3) is 0.316. The number of benzene rings is 1. The lowest BCUT2D eigenvalue weighted by Gasteiger charge is -2.26. The summed E-state index contributed by atoms with van der Waals surface area (Å²) in [5.41, 5.74) is 2.19. The fourth-order valence-electron chi connectivity index (χ4n) is 3.07. The van der Waals surface area contributed by atoms with E-state index in [1.165, 1.54) is 23.9 Å². The zero-order valence-corrected chi connectivity index (χ0v) is 15.2. The van der Waals surface area contributed by atoms with Gasteiger partial charge in [0, 0.05) is 6.20 Å². The number of halogens is 2. The maximum Gasteiger partial charge on any atom is 0.341 e.